The van der Waals surface area contributed by atoms with Crippen LogP contribution < -0.4 is 19.6 Å². The number of ketones is 1. The third kappa shape index (κ3) is 5.00. The molecule has 198 valence electrons. The van der Waals surface area contributed by atoms with Crippen LogP contribution in [0.1, 0.15) is 48.5 Å². The molecule has 39 heavy (non-hydrogen) atoms. The van der Waals surface area contributed by atoms with E-state index in [-0.39, 0.29) is 17.9 Å². The van der Waals surface area contributed by atoms with Gasteiger partial charge in [0.1, 0.15) is 17.3 Å². The molecule has 0 saturated heterocycles. The zero-order chi connectivity index (χ0) is 27.7. The van der Waals surface area contributed by atoms with Gasteiger partial charge in [-0.05, 0) is 50.6 Å². The fourth-order valence-electron chi connectivity index (χ4n) is 4.48. The predicted molar refractivity (Wildman–Crippen MR) is 148 cm³/mol. The summed E-state index contributed by atoms with van der Waals surface area (Å²) in [6, 6.07) is 17.3. The third-order valence-electron chi connectivity index (χ3n) is 6.42. The van der Waals surface area contributed by atoms with Crippen LogP contribution in [-0.2, 0) is 9.53 Å². The molecule has 0 spiro atoms. The average molecular weight is 543 g/mol. The molecule has 0 fully saturated rings. The maximum atomic E-state index is 13.7. The highest BCUT2D eigenvalue weighted by atomic mass is 32.1. The number of rotatable bonds is 7. The molecule has 2 aromatic carbocycles. The van der Waals surface area contributed by atoms with Crippen molar-refractivity contribution in [2.75, 3.05) is 13.7 Å². The van der Waals surface area contributed by atoms with Gasteiger partial charge in [-0.25, -0.2) is 9.79 Å². The van der Waals surface area contributed by atoms with Crippen molar-refractivity contribution in [3.8, 4) is 17.1 Å². The van der Waals surface area contributed by atoms with Crippen LogP contribution >= 0.6 is 11.3 Å². The highest BCUT2D eigenvalue weighted by molar-refractivity contribution is 7.07. The summed E-state index contributed by atoms with van der Waals surface area (Å²) in [5.41, 5.74) is 2.69. The first-order chi connectivity index (χ1) is 18.8. The van der Waals surface area contributed by atoms with E-state index in [9.17, 15) is 14.4 Å². The van der Waals surface area contributed by atoms with Crippen LogP contribution in [0.25, 0.3) is 17.4 Å². The number of carbonyl (C=O) groups excluding carboxylic acids is 2. The maximum absolute atomic E-state index is 13.7. The minimum Gasteiger partial charge on any atom is -0.497 e. The first-order valence-corrected chi connectivity index (χ1v) is 13.2. The van der Waals surface area contributed by atoms with Gasteiger partial charge in [0.25, 0.3) is 5.56 Å². The highest BCUT2D eigenvalue weighted by Crippen LogP contribution is 2.31. The molecule has 2 aromatic heterocycles. The number of hydrogen-bond donors (Lipinski definition) is 0. The number of thiazole rings is 1. The first kappa shape index (κ1) is 26.1. The Balaban J connectivity index is 1.59. The topological polar surface area (TPSA) is 100 Å². The van der Waals surface area contributed by atoms with Crippen molar-refractivity contribution in [2.45, 2.75) is 26.8 Å². The van der Waals surface area contributed by atoms with E-state index in [2.05, 4.69) is 4.99 Å². The lowest BCUT2D eigenvalue weighted by atomic mass is 9.96. The molecule has 0 aliphatic carbocycles. The number of benzene rings is 2. The molecule has 4 aromatic rings. The van der Waals surface area contributed by atoms with Crippen LogP contribution in [0.3, 0.4) is 0 Å². The Labute approximate surface area is 228 Å². The van der Waals surface area contributed by atoms with Gasteiger partial charge in [-0.15, -0.1) is 0 Å². The number of esters is 1. The smallest absolute Gasteiger partial charge is 0.338 e. The molecule has 5 rings (SSSR count). The Bertz CT molecular complexity index is 1770. The van der Waals surface area contributed by atoms with Gasteiger partial charge in [0, 0.05) is 17.2 Å². The number of nitrogens with zero attached hydrogens (tertiary/aromatic N) is 2. The fraction of sp³-hybridized carbons (Fsp3) is 0.200. The molecule has 3 heterocycles. The molecule has 0 unspecified atom stereocenters. The van der Waals surface area contributed by atoms with Crippen molar-refractivity contribution in [1.82, 2.24) is 4.57 Å². The summed E-state index contributed by atoms with van der Waals surface area (Å²) in [5, 5.41) is 0. The zero-order valence-corrected chi connectivity index (χ0v) is 22.7. The van der Waals surface area contributed by atoms with Crippen LogP contribution in [0, 0.1) is 0 Å². The fourth-order valence-corrected chi connectivity index (χ4v) is 5.50. The van der Waals surface area contributed by atoms with Gasteiger partial charge in [0.2, 0.25) is 0 Å². The van der Waals surface area contributed by atoms with Crippen LogP contribution in [0.2, 0.25) is 0 Å². The zero-order valence-electron chi connectivity index (χ0n) is 21.9. The number of methoxy groups -OCH3 is 1. The number of Topliss-reactive ketones (excluding diaryl/α,β-unsaturated/α-hetero) is 1. The summed E-state index contributed by atoms with van der Waals surface area (Å²) >= 11 is 1.22. The van der Waals surface area contributed by atoms with E-state index < -0.39 is 12.0 Å². The van der Waals surface area contributed by atoms with Crippen molar-refractivity contribution in [3.05, 3.63) is 109 Å². The Morgan fingerprint density at radius 2 is 1.79 bits per heavy atom. The van der Waals surface area contributed by atoms with Crippen LogP contribution in [0.4, 0.5) is 0 Å². The van der Waals surface area contributed by atoms with E-state index in [1.54, 1.807) is 57.4 Å². The second-order valence-electron chi connectivity index (χ2n) is 8.91. The second kappa shape index (κ2) is 10.7. The standard InChI is InChI=1S/C30H26N2O6S/c1-5-37-29(35)26-17(2)31-30-32(27(26)21-10-12-22(36-4)13-11-21)28(34)25(39-30)16-23-14-15-24(38-23)20-8-6-19(7-9-20)18(3)33/h6-16,27H,5H2,1-4H3/t27-/m0/s1. The van der Waals surface area contributed by atoms with Crippen LogP contribution in [0.15, 0.2) is 86.1 Å². The average Bonchev–Trinajstić information content (AvgIpc) is 3.52. The molecule has 0 radical (unpaired) electrons. The van der Waals surface area contributed by atoms with Crippen molar-refractivity contribution < 1.29 is 23.5 Å². The molecule has 0 N–H and O–H groups in total. The Morgan fingerprint density at radius 1 is 1.08 bits per heavy atom. The number of allylic oxidation sites excluding steroid dienone is 1. The summed E-state index contributed by atoms with van der Waals surface area (Å²) in [7, 11) is 1.58. The minimum atomic E-state index is -0.708. The lowest BCUT2D eigenvalue weighted by Crippen LogP contribution is -2.39. The van der Waals surface area contributed by atoms with Crippen molar-refractivity contribution in [2.24, 2.45) is 4.99 Å². The normalized spacial score (nSPS) is 15.1. The van der Waals surface area contributed by atoms with Crippen molar-refractivity contribution in [1.29, 1.82) is 0 Å². The molecule has 0 bridgehead atoms. The van der Waals surface area contributed by atoms with E-state index in [0.29, 0.717) is 43.4 Å². The van der Waals surface area contributed by atoms with E-state index in [1.807, 2.05) is 30.3 Å². The summed E-state index contributed by atoms with van der Waals surface area (Å²) in [4.78, 5) is 43.4. The summed E-state index contributed by atoms with van der Waals surface area (Å²) < 4.78 is 18.6. The van der Waals surface area contributed by atoms with Crippen molar-refractivity contribution in [3.63, 3.8) is 0 Å². The molecule has 0 amide bonds. The maximum Gasteiger partial charge on any atom is 0.338 e. The Kier molecular flexibility index (Phi) is 7.17. The minimum absolute atomic E-state index is 0.00801. The van der Waals surface area contributed by atoms with Crippen molar-refractivity contribution >= 4 is 29.2 Å². The predicted octanol–water partition coefficient (Wildman–Crippen LogP) is 4.27. The lowest BCUT2D eigenvalue weighted by molar-refractivity contribution is -0.139. The third-order valence-corrected chi connectivity index (χ3v) is 7.41. The van der Waals surface area contributed by atoms with E-state index in [1.165, 1.54) is 22.8 Å². The number of carbonyl (C=O) groups is 2. The number of aromatic nitrogens is 1. The molecule has 1 aliphatic heterocycles. The molecule has 0 saturated carbocycles. The van der Waals surface area contributed by atoms with E-state index in [4.69, 9.17) is 13.9 Å². The van der Waals surface area contributed by atoms with Gasteiger partial charge in [-0.1, -0.05) is 47.7 Å². The van der Waals surface area contributed by atoms with Gasteiger partial charge in [-0.2, -0.15) is 0 Å². The number of fused-ring (bicyclic) bond motifs is 1. The molecular weight excluding hydrogens is 516 g/mol. The Morgan fingerprint density at radius 3 is 2.44 bits per heavy atom. The van der Waals surface area contributed by atoms with E-state index in [0.717, 1.165) is 11.1 Å². The van der Waals surface area contributed by atoms with E-state index >= 15 is 0 Å². The quantitative estimate of drug-likeness (QED) is 0.255. The van der Waals surface area contributed by atoms with Gasteiger partial charge in [0.15, 0.2) is 10.6 Å². The first-order valence-electron chi connectivity index (χ1n) is 12.4. The van der Waals surface area contributed by atoms with Gasteiger partial charge in [-0.3, -0.25) is 14.2 Å². The molecule has 1 atom stereocenters. The SMILES string of the molecule is CCOC(=O)C1=C(C)N=c2sc(=Cc3ccc(-c4ccc(C(C)=O)cc4)o3)c(=O)n2[C@H]1c1ccc(OC)cc1. The van der Waals surface area contributed by atoms with Gasteiger partial charge >= 0.3 is 5.97 Å². The van der Waals surface area contributed by atoms with Crippen LogP contribution in [0.5, 0.6) is 5.75 Å². The molecule has 9 heteroatoms. The number of ether oxygens (including phenoxy) is 2. The van der Waals surface area contributed by atoms with Crippen LogP contribution in [-0.4, -0.2) is 30.0 Å². The highest BCUT2D eigenvalue weighted by Gasteiger charge is 2.33. The molecule has 1 aliphatic rings. The number of hydrogen-bond acceptors (Lipinski definition) is 8. The summed E-state index contributed by atoms with van der Waals surface area (Å²) in [5.74, 6) is 1.25. The van der Waals surface area contributed by atoms with Gasteiger partial charge < -0.3 is 13.9 Å². The molecular formula is C30H26N2O6S. The molecule has 8 nitrogen and oxygen atoms in total. The largest absolute Gasteiger partial charge is 0.497 e. The summed E-state index contributed by atoms with van der Waals surface area (Å²) in [6.45, 7) is 5.21. The second-order valence-corrected chi connectivity index (χ2v) is 9.92. The number of furan rings is 1. The monoisotopic (exact) mass is 542 g/mol. The lowest BCUT2D eigenvalue weighted by Gasteiger charge is -2.24. The summed E-state index contributed by atoms with van der Waals surface area (Å²) in [6.07, 6.45) is 1.67. The Hall–Kier alpha value is -4.50. The van der Waals surface area contributed by atoms with Gasteiger partial charge in [0.05, 0.1) is 35.6 Å².